The molecule has 7 heteroatoms. The molecule has 2 aromatic rings. The third-order valence-corrected chi connectivity index (χ3v) is 3.58. The molecule has 0 aliphatic rings. The Morgan fingerprint density at radius 1 is 1.55 bits per heavy atom. The summed E-state index contributed by atoms with van der Waals surface area (Å²) in [6.45, 7) is 8.03. The maximum absolute atomic E-state index is 11.9. The quantitative estimate of drug-likeness (QED) is 0.858. The fourth-order valence-corrected chi connectivity index (χ4v) is 2.52. The Morgan fingerprint density at radius 2 is 2.30 bits per heavy atom. The van der Waals surface area contributed by atoms with Gasteiger partial charge in [-0.3, -0.25) is 4.68 Å². The first-order valence-corrected chi connectivity index (χ1v) is 7.24. The summed E-state index contributed by atoms with van der Waals surface area (Å²) in [7, 11) is 0. The van der Waals surface area contributed by atoms with E-state index in [1.807, 2.05) is 10.9 Å². The normalized spacial score (nSPS) is 10.8. The van der Waals surface area contributed by atoms with Crippen LogP contribution in [0, 0.1) is 6.92 Å². The van der Waals surface area contributed by atoms with Crippen molar-refractivity contribution in [3.05, 3.63) is 23.7 Å². The van der Waals surface area contributed by atoms with Crippen LogP contribution in [0.5, 0.6) is 0 Å². The number of hydrogen-bond donors (Lipinski definition) is 1. The van der Waals surface area contributed by atoms with Gasteiger partial charge in [0.25, 0.3) is 0 Å². The zero-order chi connectivity index (χ0) is 14.7. The minimum absolute atomic E-state index is 0.290. The molecule has 2 heterocycles. The fourth-order valence-electron chi connectivity index (χ4n) is 1.71. The van der Waals surface area contributed by atoms with Gasteiger partial charge in [-0.1, -0.05) is 0 Å². The fraction of sp³-hybridized carbons (Fsp3) is 0.462. The van der Waals surface area contributed by atoms with Crippen LogP contribution < -0.4 is 5.32 Å². The molecule has 108 valence electrons. The summed E-state index contributed by atoms with van der Waals surface area (Å²) in [5.41, 5.74) is 1.99. The number of anilines is 2. The number of nitrogens with one attached hydrogen (secondary N) is 1. The van der Waals surface area contributed by atoms with Crippen LogP contribution in [0.2, 0.25) is 0 Å². The zero-order valence-electron chi connectivity index (χ0n) is 12.0. The van der Waals surface area contributed by atoms with Crippen molar-refractivity contribution in [1.82, 2.24) is 14.2 Å². The van der Waals surface area contributed by atoms with Crippen molar-refractivity contribution in [2.45, 2.75) is 33.7 Å². The minimum atomic E-state index is -0.350. The molecule has 0 atom stereocenters. The van der Waals surface area contributed by atoms with Crippen molar-refractivity contribution >= 4 is 28.2 Å². The molecular formula is C13H18N4O2S. The summed E-state index contributed by atoms with van der Waals surface area (Å²) < 4.78 is 11.1. The molecule has 1 N–H and O–H groups in total. The van der Waals surface area contributed by atoms with E-state index < -0.39 is 0 Å². The highest BCUT2D eigenvalue weighted by atomic mass is 32.1. The van der Waals surface area contributed by atoms with E-state index in [0.29, 0.717) is 28.9 Å². The number of rotatable bonds is 5. The molecule has 0 radical (unpaired) electrons. The Kier molecular flexibility index (Phi) is 4.39. The monoisotopic (exact) mass is 294 g/mol. The van der Waals surface area contributed by atoms with Crippen molar-refractivity contribution in [1.29, 1.82) is 0 Å². The average molecular weight is 294 g/mol. The lowest BCUT2D eigenvalue weighted by Crippen LogP contribution is -2.07. The largest absolute Gasteiger partial charge is 0.462 e. The summed E-state index contributed by atoms with van der Waals surface area (Å²) in [6.07, 6.45) is 3.62. The van der Waals surface area contributed by atoms with Crippen molar-refractivity contribution in [2.75, 3.05) is 11.9 Å². The van der Waals surface area contributed by atoms with Gasteiger partial charge in [-0.05, 0) is 39.2 Å². The molecule has 0 bridgehead atoms. The summed E-state index contributed by atoms with van der Waals surface area (Å²) in [5.74, 6) is -0.350. The van der Waals surface area contributed by atoms with Crippen LogP contribution in [-0.2, 0) is 4.74 Å². The summed E-state index contributed by atoms with van der Waals surface area (Å²) in [6, 6.07) is 0.290. The summed E-state index contributed by atoms with van der Waals surface area (Å²) in [4.78, 5) is 11.9. The predicted molar refractivity (Wildman–Crippen MR) is 78.7 cm³/mol. The van der Waals surface area contributed by atoms with E-state index in [9.17, 15) is 4.79 Å². The maximum atomic E-state index is 11.9. The van der Waals surface area contributed by atoms with Gasteiger partial charge in [-0.25, -0.2) is 4.79 Å². The molecule has 2 rings (SSSR count). The molecule has 0 saturated carbocycles. The van der Waals surface area contributed by atoms with Crippen molar-refractivity contribution < 1.29 is 9.53 Å². The Morgan fingerprint density at radius 3 is 2.90 bits per heavy atom. The van der Waals surface area contributed by atoms with Gasteiger partial charge < -0.3 is 10.1 Å². The number of aromatic nitrogens is 3. The predicted octanol–water partition coefficient (Wildman–Crippen LogP) is 3.15. The van der Waals surface area contributed by atoms with Gasteiger partial charge in [0.15, 0.2) is 0 Å². The van der Waals surface area contributed by atoms with Crippen molar-refractivity contribution in [3.8, 4) is 0 Å². The number of carbonyl (C=O) groups excluding carboxylic acids is 1. The zero-order valence-corrected chi connectivity index (χ0v) is 12.8. The molecule has 0 fully saturated rings. The molecule has 0 saturated heterocycles. The number of hydrogen-bond acceptors (Lipinski definition) is 6. The molecule has 2 aromatic heterocycles. The van der Waals surface area contributed by atoms with E-state index in [2.05, 4.69) is 28.6 Å². The van der Waals surface area contributed by atoms with E-state index in [1.54, 1.807) is 20.0 Å². The van der Waals surface area contributed by atoms with Crippen LogP contribution in [0.25, 0.3) is 0 Å². The second kappa shape index (κ2) is 6.04. The van der Waals surface area contributed by atoms with Gasteiger partial charge in [0.1, 0.15) is 10.6 Å². The first-order valence-electron chi connectivity index (χ1n) is 6.47. The van der Waals surface area contributed by atoms with Crippen molar-refractivity contribution in [2.24, 2.45) is 0 Å². The third kappa shape index (κ3) is 2.98. The first kappa shape index (κ1) is 14.5. The standard InChI is InChI=1S/C13H18N4O2S/c1-5-19-13(18)11-9(4)16-20-12(11)15-10-6-14-17(7-10)8(2)3/h6-8,15H,5H2,1-4H3. The second-order valence-electron chi connectivity index (χ2n) is 4.62. The van der Waals surface area contributed by atoms with E-state index in [-0.39, 0.29) is 5.97 Å². The van der Waals surface area contributed by atoms with Crippen LogP contribution in [0.3, 0.4) is 0 Å². The van der Waals surface area contributed by atoms with Crippen LogP contribution in [0.1, 0.15) is 42.9 Å². The number of aryl methyl sites for hydroxylation is 1. The maximum Gasteiger partial charge on any atom is 0.343 e. The molecule has 20 heavy (non-hydrogen) atoms. The molecule has 0 aliphatic carbocycles. The molecular weight excluding hydrogens is 276 g/mol. The summed E-state index contributed by atoms with van der Waals surface area (Å²) in [5, 5.41) is 8.12. The minimum Gasteiger partial charge on any atom is -0.462 e. The van der Waals surface area contributed by atoms with Gasteiger partial charge >= 0.3 is 5.97 Å². The topological polar surface area (TPSA) is 69.0 Å². The van der Waals surface area contributed by atoms with Gasteiger partial charge in [0.05, 0.1) is 24.2 Å². The van der Waals surface area contributed by atoms with Crippen LogP contribution >= 0.6 is 11.5 Å². The highest BCUT2D eigenvalue weighted by Gasteiger charge is 2.20. The van der Waals surface area contributed by atoms with Gasteiger partial charge in [0, 0.05) is 12.2 Å². The van der Waals surface area contributed by atoms with Gasteiger partial charge in [-0.15, -0.1) is 0 Å². The number of ether oxygens (including phenoxy) is 1. The molecule has 6 nitrogen and oxygen atoms in total. The smallest absolute Gasteiger partial charge is 0.343 e. The molecule has 0 spiro atoms. The van der Waals surface area contributed by atoms with E-state index in [1.165, 1.54) is 11.5 Å². The second-order valence-corrected chi connectivity index (χ2v) is 5.39. The lowest BCUT2D eigenvalue weighted by atomic mass is 10.2. The lowest BCUT2D eigenvalue weighted by Gasteiger charge is -2.05. The van der Waals surface area contributed by atoms with Crippen LogP contribution in [-0.4, -0.2) is 26.7 Å². The Labute approximate surface area is 121 Å². The highest BCUT2D eigenvalue weighted by molar-refractivity contribution is 7.10. The summed E-state index contributed by atoms with van der Waals surface area (Å²) >= 11 is 1.24. The highest BCUT2D eigenvalue weighted by Crippen LogP contribution is 2.28. The number of esters is 1. The average Bonchev–Trinajstić information content (AvgIpc) is 2.98. The number of carbonyl (C=O) groups is 1. The molecule has 0 unspecified atom stereocenters. The Bertz CT molecular complexity index is 603. The van der Waals surface area contributed by atoms with Gasteiger partial charge in [0.2, 0.25) is 0 Å². The third-order valence-electron chi connectivity index (χ3n) is 2.73. The lowest BCUT2D eigenvalue weighted by molar-refractivity contribution is 0.0527. The van der Waals surface area contributed by atoms with Gasteiger partial charge in [-0.2, -0.15) is 9.47 Å². The Hall–Kier alpha value is -1.89. The van der Waals surface area contributed by atoms with Crippen LogP contribution in [0.4, 0.5) is 10.7 Å². The molecule has 0 amide bonds. The number of nitrogens with zero attached hydrogens (tertiary/aromatic N) is 3. The van der Waals surface area contributed by atoms with Crippen LogP contribution in [0.15, 0.2) is 12.4 Å². The molecule has 0 aliphatic heterocycles. The Balaban J connectivity index is 2.22. The van der Waals surface area contributed by atoms with E-state index >= 15 is 0 Å². The first-order chi connectivity index (χ1) is 9.52. The van der Waals surface area contributed by atoms with Crippen molar-refractivity contribution in [3.63, 3.8) is 0 Å². The molecule has 0 aromatic carbocycles. The van der Waals surface area contributed by atoms with E-state index in [0.717, 1.165) is 5.69 Å². The van der Waals surface area contributed by atoms with E-state index in [4.69, 9.17) is 4.74 Å². The SMILES string of the molecule is CCOC(=O)c1c(C)nsc1Nc1cnn(C(C)C)c1.